The zero-order valence-corrected chi connectivity index (χ0v) is 15.1. The summed E-state index contributed by atoms with van der Waals surface area (Å²) in [4.78, 5) is 16.0. The van der Waals surface area contributed by atoms with E-state index in [1.165, 1.54) is 36.1 Å². The molecule has 5 heteroatoms. The maximum Gasteiger partial charge on any atom is 0.264 e. The van der Waals surface area contributed by atoms with Crippen LogP contribution >= 0.6 is 11.3 Å². The molecule has 2 aliphatic rings. The van der Waals surface area contributed by atoms with E-state index in [1.807, 2.05) is 4.90 Å². The molecule has 0 unspecified atom stereocenters. The largest absolute Gasteiger partial charge is 0.381 e. The molecule has 0 saturated carbocycles. The summed E-state index contributed by atoms with van der Waals surface area (Å²) in [5, 5.41) is 5.62. The molecular formula is C20H23FN2OS. The average Bonchev–Trinajstić information content (AvgIpc) is 3.07. The van der Waals surface area contributed by atoms with E-state index in [1.54, 1.807) is 23.5 Å². The number of carbonyl (C=O) groups excluding carboxylic acids is 1. The number of piperidine rings is 1. The molecule has 25 heavy (non-hydrogen) atoms. The number of benzene rings is 1. The molecule has 2 heterocycles. The number of halogens is 1. The zero-order chi connectivity index (χ0) is 17.2. The fourth-order valence-electron chi connectivity index (χ4n) is 3.90. The molecule has 4 rings (SSSR count). The Balaban J connectivity index is 1.44. The standard InChI is InChI=1S/C20H23FN2OS/c21-15-7-9-16(10-8-15)22-17-5-3-11-23(12-17)20(24)19-18-6-2-1-4-14(18)13-25-19/h7-10,13,17,22H,1-6,11-12H2/t17-/m0/s1. The van der Waals surface area contributed by atoms with E-state index in [4.69, 9.17) is 0 Å². The number of aryl methyl sites for hydroxylation is 1. The van der Waals surface area contributed by atoms with Crippen LogP contribution in [0.3, 0.4) is 0 Å². The lowest BCUT2D eigenvalue weighted by Gasteiger charge is -2.34. The van der Waals surface area contributed by atoms with Crippen molar-refractivity contribution in [2.45, 2.75) is 44.6 Å². The van der Waals surface area contributed by atoms with Gasteiger partial charge in [0.25, 0.3) is 5.91 Å². The Bertz CT molecular complexity index is 756. The van der Waals surface area contributed by atoms with E-state index in [9.17, 15) is 9.18 Å². The second-order valence-corrected chi connectivity index (χ2v) is 7.90. The third-order valence-electron chi connectivity index (χ3n) is 5.22. The van der Waals surface area contributed by atoms with Crippen molar-refractivity contribution in [3.63, 3.8) is 0 Å². The molecule has 1 aromatic carbocycles. The van der Waals surface area contributed by atoms with Gasteiger partial charge in [0.2, 0.25) is 0 Å². The van der Waals surface area contributed by atoms with Crippen LogP contribution in [0.1, 0.15) is 46.5 Å². The van der Waals surface area contributed by atoms with Crippen LogP contribution in [0, 0.1) is 5.82 Å². The predicted octanol–water partition coefficient (Wildman–Crippen LogP) is 4.48. The van der Waals surface area contributed by atoms with Gasteiger partial charge in [-0.1, -0.05) is 0 Å². The summed E-state index contributed by atoms with van der Waals surface area (Å²) in [5.41, 5.74) is 3.60. The van der Waals surface area contributed by atoms with Gasteiger partial charge in [-0.25, -0.2) is 4.39 Å². The van der Waals surface area contributed by atoms with Crippen LogP contribution < -0.4 is 5.32 Å². The highest BCUT2D eigenvalue weighted by molar-refractivity contribution is 7.12. The summed E-state index contributed by atoms with van der Waals surface area (Å²) in [6, 6.07) is 6.66. The van der Waals surface area contributed by atoms with Crippen molar-refractivity contribution in [2.24, 2.45) is 0 Å². The van der Waals surface area contributed by atoms with Crippen LogP contribution in [0.15, 0.2) is 29.6 Å². The van der Waals surface area contributed by atoms with Gasteiger partial charge in [-0.2, -0.15) is 0 Å². The van der Waals surface area contributed by atoms with Gasteiger partial charge in [-0.3, -0.25) is 4.79 Å². The number of carbonyl (C=O) groups is 1. The Morgan fingerprint density at radius 2 is 1.96 bits per heavy atom. The van der Waals surface area contributed by atoms with Crippen molar-refractivity contribution in [2.75, 3.05) is 18.4 Å². The first-order valence-electron chi connectivity index (χ1n) is 9.11. The number of amides is 1. The van der Waals surface area contributed by atoms with Gasteiger partial charge < -0.3 is 10.2 Å². The lowest BCUT2D eigenvalue weighted by molar-refractivity contribution is 0.0718. The zero-order valence-electron chi connectivity index (χ0n) is 14.3. The average molecular weight is 358 g/mol. The fraction of sp³-hybridized carbons (Fsp3) is 0.450. The summed E-state index contributed by atoms with van der Waals surface area (Å²) >= 11 is 1.62. The molecular weight excluding hydrogens is 335 g/mol. The van der Waals surface area contributed by atoms with Gasteiger partial charge in [0, 0.05) is 24.8 Å². The first kappa shape index (κ1) is 16.6. The van der Waals surface area contributed by atoms with Crippen LogP contribution in [0.2, 0.25) is 0 Å². The number of hydrogen-bond donors (Lipinski definition) is 1. The summed E-state index contributed by atoms with van der Waals surface area (Å²) in [6.07, 6.45) is 6.63. The number of thiophene rings is 1. The van der Waals surface area contributed by atoms with Gasteiger partial charge in [-0.15, -0.1) is 11.3 Å². The second kappa shape index (κ2) is 7.16. The topological polar surface area (TPSA) is 32.3 Å². The molecule has 1 fully saturated rings. The molecule has 1 aliphatic heterocycles. The number of hydrogen-bond acceptors (Lipinski definition) is 3. The van der Waals surface area contributed by atoms with E-state index in [2.05, 4.69) is 10.7 Å². The minimum Gasteiger partial charge on any atom is -0.381 e. The molecule has 3 nitrogen and oxygen atoms in total. The Hall–Kier alpha value is -1.88. The first-order valence-corrected chi connectivity index (χ1v) is 9.99. The van der Waals surface area contributed by atoms with Crippen LogP contribution in [-0.4, -0.2) is 29.9 Å². The molecule has 0 radical (unpaired) electrons. The van der Waals surface area contributed by atoms with Crippen LogP contribution in [0.25, 0.3) is 0 Å². The van der Waals surface area contributed by atoms with Crippen LogP contribution in [-0.2, 0) is 12.8 Å². The Kier molecular flexibility index (Phi) is 4.75. The molecule has 0 bridgehead atoms. The smallest absolute Gasteiger partial charge is 0.264 e. The van der Waals surface area contributed by atoms with Crippen LogP contribution in [0.5, 0.6) is 0 Å². The number of rotatable bonds is 3. The molecule has 132 valence electrons. The minimum atomic E-state index is -0.228. The van der Waals surface area contributed by atoms with Gasteiger partial charge in [0.05, 0.1) is 4.88 Å². The summed E-state index contributed by atoms with van der Waals surface area (Å²) in [5.74, 6) is -0.0350. The van der Waals surface area contributed by atoms with Gasteiger partial charge in [-0.05, 0) is 79.3 Å². The highest BCUT2D eigenvalue weighted by Crippen LogP contribution is 2.31. The molecule has 1 amide bonds. The SMILES string of the molecule is O=C(c1scc2c1CCCC2)N1CCC[C@H](Nc2ccc(F)cc2)C1. The number of anilines is 1. The van der Waals surface area contributed by atoms with Gasteiger partial charge >= 0.3 is 0 Å². The van der Waals surface area contributed by atoms with Crippen molar-refractivity contribution < 1.29 is 9.18 Å². The predicted molar refractivity (Wildman–Crippen MR) is 99.9 cm³/mol. The molecule has 1 aliphatic carbocycles. The normalized spacial score (nSPS) is 20.2. The van der Waals surface area contributed by atoms with E-state index >= 15 is 0 Å². The molecule has 1 aromatic heterocycles. The van der Waals surface area contributed by atoms with Gasteiger partial charge in [0.15, 0.2) is 0 Å². The van der Waals surface area contributed by atoms with E-state index in [0.29, 0.717) is 6.54 Å². The Labute approximate surface area is 151 Å². The van der Waals surface area contributed by atoms with Gasteiger partial charge in [0.1, 0.15) is 5.82 Å². The third-order valence-corrected chi connectivity index (χ3v) is 6.28. The summed E-state index contributed by atoms with van der Waals surface area (Å²) in [7, 11) is 0. The first-order chi connectivity index (χ1) is 12.2. The van der Waals surface area contributed by atoms with Crippen molar-refractivity contribution in [3.8, 4) is 0 Å². The molecule has 1 N–H and O–H groups in total. The lowest BCUT2D eigenvalue weighted by atomic mass is 9.93. The van der Waals surface area contributed by atoms with Crippen LogP contribution in [0.4, 0.5) is 10.1 Å². The number of nitrogens with zero attached hydrogens (tertiary/aromatic N) is 1. The fourth-order valence-corrected chi connectivity index (χ4v) is 5.03. The number of likely N-dealkylation sites (tertiary alicyclic amines) is 1. The van der Waals surface area contributed by atoms with Crippen molar-refractivity contribution in [3.05, 3.63) is 51.5 Å². The molecule has 1 saturated heterocycles. The summed E-state index contributed by atoms with van der Waals surface area (Å²) in [6.45, 7) is 1.54. The molecule has 2 aromatic rings. The maximum atomic E-state index is 13.0. The second-order valence-electron chi connectivity index (χ2n) is 7.02. The molecule has 1 atom stereocenters. The highest BCUT2D eigenvalue weighted by Gasteiger charge is 2.28. The van der Waals surface area contributed by atoms with E-state index in [0.717, 1.165) is 42.8 Å². The monoisotopic (exact) mass is 358 g/mol. The minimum absolute atomic E-state index is 0.193. The lowest BCUT2D eigenvalue weighted by Crippen LogP contribution is -2.45. The Morgan fingerprint density at radius 3 is 2.80 bits per heavy atom. The highest BCUT2D eigenvalue weighted by atomic mass is 32.1. The number of nitrogens with one attached hydrogen (secondary N) is 1. The number of fused-ring (bicyclic) bond motifs is 1. The third kappa shape index (κ3) is 3.56. The quantitative estimate of drug-likeness (QED) is 0.877. The Morgan fingerprint density at radius 1 is 1.16 bits per heavy atom. The van der Waals surface area contributed by atoms with Crippen molar-refractivity contribution >= 4 is 22.9 Å². The van der Waals surface area contributed by atoms with Crippen molar-refractivity contribution in [1.29, 1.82) is 0 Å². The molecule has 0 spiro atoms. The van der Waals surface area contributed by atoms with E-state index < -0.39 is 0 Å². The van der Waals surface area contributed by atoms with Crippen molar-refractivity contribution in [1.82, 2.24) is 4.90 Å². The van der Waals surface area contributed by atoms with E-state index in [-0.39, 0.29) is 17.8 Å². The summed E-state index contributed by atoms with van der Waals surface area (Å²) < 4.78 is 13.0. The maximum absolute atomic E-state index is 13.0.